The average Bonchev–Trinajstić information content (AvgIpc) is 3.40. The lowest BCUT2D eigenvalue weighted by Crippen LogP contribution is -2.33. The molecule has 2 N–H and O–H groups in total. The predicted molar refractivity (Wildman–Crippen MR) is 103 cm³/mol. The molecule has 30 heavy (non-hydrogen) atoms. The van der Waals surface area contributed by atoms with Crippen LogP contribution in [0, 0.1) is 15.5 Å². The zero-order valence-electron chi connectivity index (χ0n) is 15.3. The summed E-state index contributed by atoms with van der Waals surface area (Å²) in [6.45, 7) is 0.116. The zero-order chi connectivity index (χ0) is 21.3. The number of nitrogens with one attached hydrogen (secondary N) is 2. The minimum atomic E-state index is -0.603. The molecule has 0 saturated carbocycles. The summed E-state index contributed by atoms with van der Waals surface area (Å²) in [5.41, 5.74) is 2.66. The van der Waals surface area contributed by atoms with Crippen LogP contribution in [-0.2, 0) is 6.54 Å². The molecule has 152 valence electrons. The van der Waals surface area contributed by atoms with Gasteiger partial charge in [-0.15, -0.1) is 0 Å². The van der Waals surface area contributed by atoms with Gasteiger partial charge in [0.25, 0.3) is 0 Å². The number of carbonyl (C=O) groups excluding carboxylic acids is 1. The van der Waals surface area contributed by atoms with Gasteiger partial charge in [-0.05, 0) is 18.4 Å². The summed E-state index contributed by atoms with van der Waals surface area (Å²) in [5, 5.41) is 23.7. The van der Waals surface area contributed by atoms with Crippen molar-refractivity contribution in [3.8, 4) is 0 Å². The van der Waals surface area contributed by atoms with Crippen LogP contribution in [-0.4, -0.2) is 46.5 Å². The van der Waals surface area contributed by atoms with E-state index in [-0.39, 0.29) is 23.5 Å². The molecule has 0 bridgehead atoms. The minimum Gasteiger partial charge on any atom is -0.454 e. The molecule has 4 rings (SSSR count). The fourth-order valence-electron chi connectivity index (χ4n) is 2.55. The van der Waals surface area contributed by atoms with Gasteiger partial charge in [0.15, 0.2) is 22.1 Å². The first-order valence-electron chi connectivity index (χ1n) is 8.34. The Hall–Kier alpha value is -4.07. The van der Waals surface area contributed by atoms with Crippen LogP contribution in [0.5, 0.6) is 0 Å². The second-order valence-electron chi connectivity index (χ2n) is 5.92. The number of fused-ring (bicyclic) bond motifs is 1. The molecule has 4 heterocycles. The summed E-state index contributed by atoms with van der Waals surface area (Å²) < 4.78 is 7.94. The summed E-state index contributed by atoms with van der Waals surface area (Å²) in [6, 6.07) is 3.01. The Labute approximate surface area is 171 Å². The van der Waals surface area contributed by atoms with Crippen molar-refractivity contribution >= 4 is 34.4 Å². The first kappa shape index (κ1) is 19.3. The molecule has 0 aromatic carbocycles. The van der Waals surface area contributed by atoms with Crippen LogP contribution < -0.4 is 10.9 Å². The van der Waals surface area contributed by atoms with Gasteiger partial charge in [0.2, 0.25) is 0 Å². The fourth-order valence-corrected chi connectivity index (χ4v) is 2.88. The molecule has 0 spiro atoms. The molecule has 1 amide bonds. The number of thioether (sulfide) groups is 1. The number of rotatable bonds is 6. The third-order valence-electron chi connectivity index (χ3n) is 3.98. The minimum absolute atomic E-state index is 0.00682. The standard InChI is InChI=1S/C16H13N9O4S/c1-30-16-18-5-11-13(17)24(8-19-14(11)21-16)22-15(26)12-3-2-10(29-12)7-23-6-9(4-20-23)25(27)28/h2-6,8,17H,7H2,1H3,(H,22,26). The van der Waals surface area contributed by atoms with E-state index in [4.69, 9.17) is 9.83 Å². The van der Waals surface area contributed by atoms with E-state index in [0.29, 0.717) is 22.0 Å². The normalized spacial score (nSPS) is 11.0. The maximum atomic E-state index is 12.5. The molecular formula is C16H13N9O4S. The quantitative estimate of drug-likeness (QED) is 0.198. The van der Waals surface area contributed by atoms with E-state index >= 15 is 0 Å². The van der Waals surface area contributed by atoms with Crippen LogP contribution in [0.2, 0.25) is 0 Å². The maximum Gasteiger partial charge on any atom is 0.307 e. The lowest BCUT2D eigenvalue weighted by atomic mass is 10.4. The van der Waals surface area contributed by atoms with Crippen molar-refractivity contribution in [3.63, 3.8) is 0 Å². The van der Waals surface area contributed by atoms with Crippen LogP contribution in [0.4, 0.5) is 5.69 Å². The van der Waals surface area contributed by atoms with E-state index in [9.17, 15) is 14.9 Å². The predicted octanol–water partition coefficient (Wildman–Crippen LogP) is 1.16. The van der Waals surface area contributed by atoms with Crippen LogP contribution in [0.3, 0.4) is 0 Å². The van der Waals surface area contributed by atoms with Crippen LogP contribution in [0.1, 0.15) is 16.3 Å². The molecule has 0 atom stereocenters. The average molecular weight is 427 g/mol. The monoisotopic (exact) mass is 427 g/mol. The molecule has 0 fully saturated rings. The number of carbonyl (C=O) groups is 1. The van der Waals surface area contributed by atoms with Gasteiger partial charge in [-0.1, -0.05) is 11.8 Å². The van der Waals surface area contributed by atoms with E-state index in [2.05, 4.69) is 25.5 Å². The SMILES string of the molecule is CSc1ncc2c(=N)n(NC(=O)c3ccc(Cn4cc([N+](=O)[O-])cn4)o3)cnc2n1. The Balaban J connectivity index is 1.51. The van der Waals surface area contributed by atoms with Gasteiger partial charge in [-0.25, -0.2) is 19.6 Å². The summed E-state index contributed by atoms with van der Waals surface area (Å²) in [6.07, 6.45) is 6.96. The number of nitro groups is 1. The molecule has 0 radical (unpaired) electrons. The van der Waals surface area contributed by atoms with E-state index in [1.807, 2.05) is 6.26 Å². The topological polar surface area (TPSA) is 171 Å². The van der Waals surface area contributed by atoms with Gasteiger partial charge >= 0.3 is 11.6 Å². The third kappa shape index (κ3) is 3.75. The van der Waals surface area contributed by atoms with Crippen LogP contribution >= 0.6 is 11.8 Å². The van der Waals surface area contributed by atoms with Gasteiger partial charge in [0, 0.05) is 6.20 Å². The molecule has 0 aliphatic rings. The summed E-state index contributed by atoms with van der Waals surface area (Å²) in [5.74, 6) is -0.231. The molecule has 4 aromatic heterocycles. The van der Waals surface area contributed by atoms with E-state index in [0.717, 1.165) is 10.9 Å². The van der Waals surface area contributed by atoms with Gasteiger partial charge in [0.05, 0.1) is 16.9 Å². The molecule has 0 aliphatic heterocycles. The van der Waals surface area contributed by atoms with Crippen molar-refractivity contribution in [2.45, 2.75) is 11.7 Å². The smallest absolute Gasteiger partial charge is 0.307 e. The summed E-state index contributed by atoms with van der Waals surface area (Å²) in [4.78, 5) is 35.1. The van der Waals surface area contributed by atoms with Crippen molar-refractivity contribution in [1.29, 1.82) is 5.41 Å². The van der Waals surface area contributed by atoms with Crippen molar-refractivity contribution in [2.75, 3.05) is 11.7 Å². The first-order chi connectivity index (χ1) is 14.4. The molecule has 13 nitrogen and oxygen atoms in total. The van der Waals surface area contributed by atoms with Crippen LogP contribution in [0.25, 0.3) is 11.0 Å². The highest BCUT2D eigenvalue weighted by molar-refractivity contribution is 7.98. The second kappa shape index (κ2) is 7.75. The molecule has 4 aromatic rings. The zero-order valence-corrected chi connectivity index (χ0v) is 16.2. The van der Waals surface area contributed by atoms with Gasteiger partial charge < -0.3 is 4.42 Å². The Morgan fingerprint density at radius 1 is 1.37 bits per heavy atom. The molecular weight excluding hydrogens is 414 g/mol. The molecule has 14 heteroatoms. The number of hydrogen-bond acceptors (Lipinski definition) is 10. The number of hydrogen-bond donors (Lipinski definition) is 2. The van der Waals surface area contributed by atoms with Crippen molar-refractivity contribution in [1.82, 2.24) is 29.4 Å². The number of nitrogens with zero attached hydrogens (tertiary/aromatic N) is 7. The first-order valence-corrected chi connectivity index (χ1v) is 9.57. The molecule has 0 saturated heterocycles. The van der Waals surface area contributed by atoms with E-state index in [1.165, 1.54) is 41.2 Å². The largest absolute Gasteiger partial charge is 0.454 e. The lowest BCUT2D eigenvalue weighted by molar-refractivity contribution is -0.385. The Bertz CT molecular complexity index is 1330. The maximum absolute atomic E-state index is 12.5. The highest BCUT2D eigenvalue weighted by Gasteiger charge is 2.15. The number of furan rings is 1. The second-order valence-corrected chi connectivity index (χ2v) is 6.69. The molecule has 0 aliphatic carbocycles. The van der Waals surface area contributed by atoms with Crippen molar-refractivity contribution < 1.29 is 14.1 Å². The Morgan fingerprint density at radius 3 is 2.93 bits per heavy atom. The van der Waals surface area contributed by atoms with Gasteiger partial charge in [-0.3, -0.25) is 30.4 Å². The Morgan fingerprint density at radius 2 is 2.20 bits per heavy atom. The number of aromatic nitrogens is 6. The highest BCUT2D eigenvalue weighted by Crippen LogP contribution is 2.13. The highest BCUT2D eigenvalue weighted by atomic mass is 32.2. The van der Waals surface area contributed by atoms with Crippen LogP contribution in [0.15, 0.2) is 46.6 Å². The van der Waals surface area contributed by atoms with E-state index in [1.54, 1.807) is 6.07 Å². The number of amides is 1. The molecule has 0 unspecified atom stereocenters. The van der Waals surface area contributed by atoms with Crippen molar-refractivity contribution in [2.24, 2.45) is 0 Å². The van der Waals surface area contributed by atoms with Crippen molar-refractivity contribution in [3.05, 3.63) is 64.2 Å². The summed E-state index contributed by atoms with van der Waals surface area (Å²) in [7, 11) is 0. The van der Waals surface area contributed by atoms with Gasteiger partial charge in [-0.2, -0.15) is 5.10 Å². The van der Waals surface area contributed by atoms with E-state index < -0.39 is 10.8 Å². The fraction of sp³-hybridized carbons (Fsp3) is 0.125. The Kier molecular flexibility index (Phi) is 4.97. The van der Waals surface area contributed by atoms with Gasteiger partial charge in [0.1, 0.15) is 24.5 Å². The summed E-state index contributed by atoms with van der Waals surface area (Å²) >= 11 is 1.36. The lowest BCUT2D eigenvalue weighted by Gasteiger charge is -2.08. The third-order valence-corrected chi connectivity index (χ3v) is 4.54.